The summed E-state index contributed by atoms with van der Waals surface area (Å²) in [5.41, 5.74) is 1.54. The fraction of sp³-hybridized carbons (Fsp3) is 0.312. The number of hydrogen-bond donors (Lipinski definition) is 1. The summed E-state index contributed by atoms with van der Waals surface area (Å²) in [7, 11) is 0. The van der Waals surface area contributed by atoms with Crippen LogP contribution in [0, 0.1) is 6.92 Å². The van der Waals surface area contributed by atoms with Gasteiger partial charge >= 0.3 is 0 Å². The number of thiophene rings is 1. The van der Waals surface area contributed by atoms with Gasteiger partial charge in [-0.2, -0.15) is 11.8 Å². The number of furan rings is 1. The van der Waals surface area contributed by atoms with Gasteiger partial charge in [-0.1, -0.05) is 0 Å². The number of H-pyrrole nitrogens is 1. The number of fused-ring (bicyclic) bond motifs is 3. The van der Waals surface area contributed by atoms with Crippen molar-refractivity contribution in [3.05, 3.63) is 50.3 Å². The summed E-state index contributed by atoms with van der Waals surface area (Å²) in [6, 6.07) is 1.65. The number of Topliss-reactive ketones (excluding diaryl/α,β-unsaturated/α-hetero) is 1. The number of rotatable bonds is 3. The van der Waals surface area contributed by atoms with Gasteiger partial charge in [0.25, 0.3) is 5.56 Å². The van der Waals surface area contributed by atoms with Crippen LogP contribution in [0.4, 0.5) is 0 Å². The van der Waals surface area contributed by atoms with Gasteiger partial charge in [-0.15, -0.1) is 11.3 Å². The predicted molar refractivity (Wildman–Crippen MR) is 91.6 cm³/mol. The number of aromatic amines is 1. The highest BCUT2D eigenvalue weighted by atomic mass is 32.2. The predicted octanol–water partition coefficient (Wildman–Crippen LogP) is 3.10. The van der Waals surface area contributed by atoms with E-state index >= 15 is 0 Å². The molecule has 0 spiro atoms. The zero-order valence-electron chi connectivity index (χ0n) is 12.5. The largest absolute Gasteiger partial charge is 0.469 e. The molecule has 0 aliphatic carbocycles. The monoisotopic (exact) mass is 346 g/mol. The standard InChI is InChI=1S/C16H14N2O3S2/c1-8-9(2-4-21-8)11(19)6-13-17-15(20)14-10-3-5-22-7-12(10)23-16(14)18-13/h2,4H,3,5-7H2,1H3,(H,17,18,20). The summed E-state index contributed by atoms with van der Waals surface area (Å²) < 4.78 is 5.16. The zero-order chi connectivity index (χ0) is 16.0. The van der Waals surface area contributed by atoms with Crippen molar-refractivity contribution in [1.82, 2.24) is 9.97 Å². The van der Waals surface area contributed by atoms with Crippen LogP contribution in [-0.4, -0.2) is 21.5 Å². The summed E-state index contributed by atoms with van der Waals surface area (Å²) in [6.07, 6.45) is 2.48. The quantitative estimate of drug-likeness (QED) is 0.738. The molecule has 3 aromatic rings. The number of carbonyl (C=O) groups is 1. The van der Waals surface area contributed by atoms with Crippen LogP contribution >= 0.6 is 23.1 Å². The van der Waals surface area contributed by atoms with Gasteiger partial charge in [-0.25, -0.2) is 4.98 Å². The molecule has 0 saturated heterocycles. The van der Waals surface area contributed by atoms with Crippen molar-refractivity contribution >= 4 is 39.1 Å². The molecule has 0 bridgehead atoms. The fourth-order valence-corrected chi connectivity index (χ4v) is 5.25. The molecule has 1 aliphatic rings. The summed E-state index contributed by atoms with van der Waals surface area (Å²) in [6.45, 7) is 1.75. The SMILES string of the molecule is Cc1occc1C(=O)Cc1nc2sc3c(c2c(=O)[nH]1)CCSC3. The molecule has 0 aromatic carbocycles. The molecule has 5 nitrogen and oxygen atoms in total. The average molecular weight is 346 g/mol. The van der Waals surface area contributed by atoms with E-state index in [1.54, 1.807) is 24.3 Å². The number of nitrogens with zero attached hydrogens (tertiary/aromatic N) is 1. The van der Waals surface area contributed by atoms with Crippen molar-refractivity contribution in [1.29, 1.82) is 0 Å². The van der Waals surface area contributed by atoms with Crippen molar-refractivity contribution in [2.24, 2.45) is 0 Å². The third-order valence-electron chi connectivity index (χ3n) is 4.01. The highest BCUT2D eigenvalue weighted by molar-refractivity contribution is 7.98. The Balaban J connectivity index is 1.73. The van der Waals surface area contributed by atoms with Gasteiger partial charge < -0.3 is 9.40 Å². The number of aromatic nitrogens is 2. The molecule has 4 heterocycles. The third kappa shape index (κ3) is 2.53. The molecule has 0 saturated carbocycles. The maximum atomic E-state index is 12.4. The highest BCUT2D eigenvalue weighted by Crippen LogP contribution is 2.35. The van der Waals surface area contributed by atoms with E-state index in [1.807, 2.05) is 11.8 Å². The lowest BCUT2D eigenvalue weighted by Crippen LogP contribution is -2.16. The lowest BCUT2D eigenvalue weighted by Gasteiger charge is -2.09. The van der Waals surface area contributed by atoms with Crippen molar-refractivity contribution < 1.29 is 9.21 Å². The van der Waals surface area contributed by atoms with Crippen LogP contribution in [-0.2, 0) is 18.6 Å². The van der Waals surface area contributed by atoms with Crippen LogP contribution in [0.1, 0.15) is 32.4 Å². The number of thioether (sulfide) groups is 1. The Morgan fingerprint density at radius 1 is 1.48 bits per heavy atom. The first-order valence-electron chi connectivity index (χ1n) is 7.32. The molecule has 0 atom stereocenters. The number of aryl methyl sites for hydroxylation is 2. The van der Waals surface area contributed by atoms with E-state index in [4.69, 9.17) is 4.42 Å². The van der Waals surface area contributed by atoms with Crippen LogP contribution in [0.5, 0.6) is 0 Å². The Labute approximate surface area is 140 Å². The molecule has 0 fully saturated rings. The molecule has 0 unspecified atom stereocenters. The summed E-state index contributed by atoms with van der Waals surface area (Å²) in [5, 5.41) is 0.709. The second kappa shape index (κ2) is 5.65. The number of ketones is 1. The number of hydrogen-bond acceptors (Lipinski definition) is 6. The van der Waals surface area contributed by atoms with Crippen molar-refractivity contribution in [3.8, 4) is 0 Å². The maximum Gasteiger partial charge on any atom is 0.259 e. The van der Waals surface area contributed by atoms with Gasteiger partial charge in [0.2, 0.25) is 0 Å². The van der Waals surface area contributed by atoms with Crippen LogP contribution < -0.4 is 5.56 Å². The van der Waals surface area contributed by atoms with E-state index in [0.717, 1.165) is 28.3 Å². The lowest BCUT2D eigenvalue weighted by atomic mass is 10.1. The molecule has 23 heavy (non-hydrogen) atoms. The number of carbonyl (C=O) groups excluding carboxylic acids is 1. The Hall–Kier alpha value is -1.86. The molecule has 3 aromatic heterocycles. The molecular weight excluding hydrogens is 332 g/mol. The van der Waals surface area contributed by atoms with Crippen LogP contribution in [0.2, 0.25) is 0 Å². The Morgan fingerprint density at radius 3 is 3.13 bits per heavy atom. The maximum absolute atomic E-state index is 12.4. The molecule has 0 radical (unpaired) electrons. The van der Waals surface area contributed by atoms with Gasteiger partial charge in [0.05, 0.1) is 23.6 Å². The topological polar surface area (TPSA) is 76.0 Å². The van der Waals surface area contributed by atoms with E-state index in [0.29, 0.717) is 22.5 Å². The smallest absolute Gasteiger partial charge is 0.259 e. The molecule has 1 N–H and O–H groups in total. The minimum Gasteiger partial charge on any atom is -0.469 e. The van der Waals surface area contributed by atoms with Crippen LogP contribution in [0.15, 0.2) is 21.5 Å². The fourth-order valence-electron chi connectivity index (χ4n) is 2.88. The van der Waals surface area contributed by atoms with Crippen LogP contribution in [0.25, 0.3) is 10.2 Å². The van der Waals surface area contributed by atoms with E-state index in [2.05, 4.69) is 9.97 Å². The number of nitrogens with one attached hydrogen (secondary N) is 1. The third-order valence-corrected chi connectivity index (χ3v) is 6.30. The van der Waals surface area contributed by atoms with E-state index in [1.165, 1.54) is 11.1 Å². The van der Waals surface area contributed by atoms with Gasteiger partial charge in [0.1, 0.15) is 16.4 Å². The van der Waals surface area contributed by atoms with Crippen molar-refractivity contribution in [2.45, 2.75) is 25.5 Å². The van der Waals surface area contributed by atoms with E-state index in [9.17, 15) is 9.59 Å². The first-order valence-corrected chi connectivity index (χ1v) is 9.29. The minimum atomic E-state index is -0.133. The zero-order valence-corrected chi connectivity index (χ0v) is 14.1. The molecule has 0 amide bonds. The normalized spacial score (nSPS) is 14.1. The summed E-state index contributed by atoms with van der Waals surface area (Å²) in [4.78, 5) is 34.0. The van der Waals surface area contributed by atoms with Gasteiger partial charge in [0, 0.05) is 10.6 Å². The second-order valence-electron chi connectivity index (χ2n) is 5.49. The molecule has 7 heteroatoms. The molecule has 1 aliphatic heterocycles. The van der Waals surface area contributed by atoms with Crippen molar-refractivity contribution in [3.63, 3.8) is 0 Å². The Morgan fingerprint density at radius 2 is 2.35 bits per heavy atom. The molecular formula is C16H14N2O3S2. The second-order valence-corrected chi connectivity index (χ2v) is 7.68. The van der Waals surface area contributed by atoms with Crippen molar-refractivity contribution in [2.75, 3.05) is 5.75 Å². The molecule has 4 rings (SSSR count). The van der Waals surface area contributed by atoms with Gasteiger partial charge in [0.15, 0.2) is 5.78 Å². The average Bonchev–Trinajstić information content (AvgIpc) is 3.10. The van der Waals surface area contributed by atoms with E-state index < -0.39 is 0 Å². The lowest BCUT2D eigenvalue weighted by molar-refractivity contribution is 0.0989. The highest BCUT2D eigenvalue weighted by Gasteiger charge is 2.21. The van der Waals surface area contributed by atoms with Crippen LogP contribution in [0.3, 0.4) is 0 Å². The first kappa shape index (κ1) is 14.7. The Bertz CT molecular complexity index is 968. The first-order chi connectivity index (χ1) is 11.1. The minimum absolute atomic E-state index is 0.0723. The summed E-state index contributed by atoms with van der Waals surface area (Å²) in [5.74, 6) is 2.88. The molecule has 118 valence electrons. The van der Waals surface area contributed by atoms with E-state index in [-0.39, 0.29) is 17.8 Å². The van der Waals surface area contributed by atoms with Gasteiger partial charge in [-0.05, 0) is 30.7 Å². The van der Waals surface area contributed by atoms with Gasteiger partial charge in [-0.3, -0.25) is 9.59 Å². The summed E-state index contributed by atoms with van der Waals surface area (Å²) >= 11 is 3.45. The Kier molecular flexibility index (Phi) is 3.61.